The Balaban J connectivity index is 3.83. The second-order valence-electron chi connectivity index (χ2n) is 10.6. The van der Waals surface area contributed by atoms with Crippen LogP contribution in [-0.2, 0) is 4.57 Å². The monoisotopic (exact) mass is 444 g/mol. The van der Waals surface area contributed by atoms with Gasteiger partial charge in [0.1, 0.15) is 0 Å². The van der Waals surface area contributed by atoms with Gasteiger partial charge in [-0.25, -0.2) is 0 Å². The Morgan fingerprint density at radius 3 is 0.900 bits per heavy atom. The second-order valence-corrected chi connectivity index (χ2v) is 14.4. The Morgan fingerprint density at radius 2 is 0.667 bits per heavy atom. The fraction of sp³-hybridized carbons (Fsp3) is 1.00. The molecule has 0 bridgehead atoms. The highest BCUT2D eigenvalue weighted by Crippen LogP contribution is 2.54. The van der Waals surface area contributed by atoms with Crippen LogP contribution >= 0.6 is 7.29 Å². The molecular formula is C27H59NOP+. The standard InChI is InChI=1S/C27H59NOP/c1-6-8-10-12-14-16-18-20-22-24-26-30(29,28(3,4)5)27-25-23-21-19-17-15-13-11-9-7-2/h6-27H2,1-5H3/q+1. The summed E-state index contributed by atoms with van der Waals surface area (Å²) in [7, 11) is 4.37. The molecule has 30 heavy (non-hydrogen) atoms. The average Bonchev–Trinajstić information content (AvgIpc) is 2.70. The maximum atomic E-state index is 13.7. The molecule has 0 aromatic rings. The Hall–Kier alpha value is 0.190. The van der Waals surface area contributed by atoms with Crippen molar-refractivity contribution in [3.63, 3.8) is 0 Å². The molecule has 0 heterocycles. The molecule has 0 aliphatic rings. The molecule has 3 heteroatoms. The van der Waals surface area contributed by atoms with Crippen molar-refractivity contribution >= 4 is 7.29 Å². The molecule has 0 aliphatic heterocycles. The largest absolute Gasteiger partial charge is 0.291 e. The lowest BCUT2D eigenvalue weighted by Gasteiger charge is -2.34. The number of nitrogens with zero attached hydrogens (tertiary/aromatic N) is 1. The van der Waals surface area contributed by atoms with Crippen molar-refractivity contribution in [2.45, 2.75) is 142 Å². The van der Waals surface area contributed by atoms with Crippen LogP contribution < -0.4 is 0 Å². The van der Waals surface area contributed by atoms with Gasteiger partial charge in [-0.3, -0.25) is 8.82 Å². The Labute approximate surface area is 192 Å². The lowest BCUT2D eigenvalue weighted by Crippen LogP contribution is -2.33. The van der Waals surface area contributed by atoms with E-state index in [2.05, 4.69) is 35.0 Å². The van der Waals surface area contributed by atoms with E-state index >= 15 is 0 Å². The van der Waals surface area contributed by atoms with Gasteiger partial charge in [-0.15, -0.1) is 0 Å². The molecule has 0 saturated heterocycles. The number of hydrogen-bond donors (Lipinski definition) is 0. The van der Waals surface area contributed by atoms with Crippen LogP contribution in [0.2, 0.25) is 0 Å². The molecule has 0 rings (SSSR count). The summed E-state index contributed by atoms with van der Waals surface area (Å²) in [4.78, 5) is 0. The Bertz CT molecular complexity index is 374. The predicted octanol–water partition coefficient (Wildman–Crippen LogP) is 9.81. The molecule has 0 amide bonds. The molecule has 0 aromatic carbocycles. The zero-order valence-electron chi connectivity index (χ0n) is 21.9. The van der Waals surface area contributed by atoms with E-state index < -0.39 is 7.29 Å². The van der Waals surface area contributed by atoms with E-state index in [0.29, 0.717) is 4.25 Å². The van der Waals surface area contributed by atoms with E-state index in [4.69, 9.17) is 0 Å². The van der Waals surface area contributed by atoms with E-state index in [1.807, 2.05) is 0 Å². The average molecular weight is 445 g/mol. The van der Waals surface area contributed by atoms with E-state index in [0.717, 1.165) is 12.3 Å². The first-order valence-electron chi connectivity index (χ1n) is 13.8. The fourth-order valence-electron chi connectivity index (χ4n) is 4.40. The summed E-state index contributed by atoms with van der Waals surface area (Å²) in [6.45, 7) is 4.57. The Kier molecular flexibility index (Phi) is 20.0. The first kappa shape index (κ1) is 30.2. The van der Waals surface area contributed by atoms with Gasteiger partial charge in [-0.2, -0.15) is 0 Å². The van der Waals surface area contributed by atoms with Gasteiger partial charge in [0.15, 0.2) is 0 Å². The minimum absolute atomic E-state index is 0.682. The molecule has 0 radical (unpaired) electrons. The number of hydrogen-bond acceptors (Lipinski definition) is 1. The third-order valence-corrected chi connectivity index (χ3v) is 11.0. The molecular weight excluding hydrogens is 385 g/mol. The number of unbranched alkanes of at least 4 members (excludes halogenated alkanes) is 18. The van der Waals surface area contributed by atoms with E-state index in [1.165, 1.54) is 128 Å². The van der Waals surface area contributed by atoms with Crippen LogP contribution in [0.3, 0.4) is 0 Å². The van der Waals surface area contributed by atoms with E-state index in [-0.39, 0.29) is 0 Å². The first-order valence-corrected chi connectivity index (χ1v) is 15.8. The van der Waals surface area contributed by atoms with Crippen molar-refractivity contribution in [1.29, 1.82) is 0 Å². The van der Waals surface area contributed by atoms with E-state index in [1.54, 1.807) is 0 Å². The van der Waals surface area contributed by atoms with Gasteiger partial charge < -0.3 is 0 Å². The topological polar surface area (TPSA) is 17.1 Å². The molecule has 0 atom stereocenters. The van der Waals surface area contributed by atoms with Crippen molar-refractivity contribution in [3.05, 3.63) is 0 Å². The van der Waals surface area contributed by atoms with Crippen LogP contribution in [0.25, 0.3) is 0 Å². The van der Waals surface area contributed by atoms with Gasteiger partial charge in [0.05, 0.1) is 33.5 Å². The smallest absolute Gasteiger partial charge is 0.247 e. The molecule has 0 N–H and O–H groups in total. The molecule has 2 nitrogen and oxygen atoms in total. The van der Waals surface area contributed by atoms with Crippen LogP contribution in [0.5, 0.6) is 0 Å². The number of quaternary nitrogens is 1. The lowest BCUT2D eigenvalue weighted by molar-refractivity contribution is -0.746. The zero-order chi connectivity index (χ0) is 22.6. The summed E-state index contributed by atoms with van der Waals surface area (Å²) in [6, 6.07) is 0. The highest BCUT2D eigenvalue weighted by atomic mass is 31.2. The van der Waals surface area contributed by atoms with Gasteiger partial charge in [0.2, 0.25) is 7.29 Å². The maximum absolute atomic E-state index is 13.7. The highest BCUT2D eigenvalue weighted by Gasteiger charge is 2.35. The summed E-state index contributed by atoms with van der Waals surface area (Å²) in [5, 5.41) is 0. The first-order chi connectivity index (χ1) is 14.4. The van der Waals surface area contributed by atoms with Crippen molar-refractivity contribution in [3.8, 4) is 0 Å². The van der Waals surface area contributed by atoms with Crippen LogP contribution in [-0.4, -0.2) is 37.7 Å². The zero-order valence-corrected chi connectivity index (χ0v) is 22.8. The third kappa shape index (κ3) is 16.8. The summed E-state index contributed by atoms with van der Waals surface area (Å²) in [5.41, 5.74) is 0. The van der Waals surface area contributed by atoms with Gasteiger partial charge in [0.25, 0.3) is 0 Å². The van der Waals surface area contributed by atoms with E-state index in [9.17, 15) is 4.57 Å². The van der Waals surface area contributed by atoms with Gasteiger partial charge in [-0.05, 0) is 12.8 Å². The summed E-state index contributed by atoms with van der Waals surface area (Å²) < 4.78 is 14.4. The fourth-order valence-corrected chi connectivity index (χ4v) is 7.26. The summed E-state index contributed by atoms with van der Waals surface area (Å²) in [5.74, 6) is 0. The van der Waals surface area contributed by atoms with Crippen LogP contribution in [0, 0.1) is 0 Å². The summed E-state index contributed by atoms with van der Waals surface area (Å²) in [6.07, 6.45) is 29.0. The molecule has 0 aliphatic carbocycles. The number of rotatable bonds is 23. The second kappa shape index (κ2) is 19.8. The van der Waals surface area contributed by atoms with Crippen LogP contribution in [0.4, 0.5) is 0 Å². The Morgan fingerprint density at radius 1 is 0.433 bits per heavy atom. The summed E-state index contributed by atoms with van der Waals surface area (Å²) >= 11 is 0. The molecule has 0 saturated carbocycles. The third-order valence-electron chi connectivity index (χ3n) is 6.82. The van der Waals surface area contributed by atoms with Crippen molar-refractivity contribution in [1.82, 2.24) is 0 Å². The van der Waals surface area contributed by atoms with Crippen molar-refractivity contribution in [2.24, 2.45) is 0 Å². The van der Waals surface area contributed by atoms with Gasteiger partial charge in [-0.1, -0.05) is 129 Å². The van der Waals surface area contributed by atoms with Crippen LogP contribution in [0.15, 0.2) is 0 Å². The van der Waals surface area contributed by atoms with Crippen LogP contribution in [0.1, 0.15) is 142 Å². The lowest BCUT2D eigenvalue weighted by atomic mass is 10.1. The quantitative estimate of drug-likeness (QED) is 0.113. The minimum Gasteiger partial charge on any atom is -0.291 e. The molecule has 0 aromatic heterocycles. The predicted molar refractivity (Wildman–Crippen MR) is 139 cm³/mol. The SMILES string of the molecule is CCCCCCCCCCCCP(=O)(CCCCCCCCCCCC)[N+](C)(C)C. The molecule has 0 unspecified atom stereocenters. The molecule has 0 spiro atoms. The highest BCUT2D eigenvalue weighted by molar-refractivity contribution is 7.58. The normalized spacial score (nSPS) is 12.6. The maximum Gasteiger partial charge on any atom is 0.247 e. The van der Waals surface area contributed by atoms with Crippen molar-refractivity contribution in [2.75, 3.05) is 33.5 Å². The van der Waals surface area contributed by atoms with Gasteiger partial charge >= 0.3 is 0 Å². The van der Waals surface area contributed by atoms with Gasteiger partial charge in [0, 0.05) is 0 Å². The minimum atomic E-state index is -2.11. The molecule has 182 valence electrons. The van der Waals surface area contributed by atoms with Crippen molar-refractivity contribution < 1.29 is 8.82 Å². The molecule has 0 fully saturated rings.